The Labute approximate surface area is 281 Å². The number of fused-ring (bicyclic) bond motifs is 3. The second-order valence-electron chi connectivity index (χ2n) is 14.1. The van der Waals surface area contributed by atoms with E-state index in [4.69, 9.17) is 4.74 Å². The number of carbonyl (C=O) groups is 3. The molecule has 3 aromatic carbocycles. The molecule has 3 amide bonds. The van der Waals surface area contributed by atoms with Crippen molar-refractivity contribution in [1.29, 1.82) is 0 Å². The minimum absolute atomic E-state index is 0.00293. The first-order valence-electron chi connectivity index (χ1n) is 16.9. The predicted molar refractivity (Wildman–Crippen MR) is 184 cm³/mol. The van der Waals surface area contributed by atoms with E-state index in [9.17, 15) is 19.5 Å². The number of aliphatic hydroxyl groups excluding tert-OH is 1. The second-order valence-corrected chi connectivity index (χ2v) is 17.9. The molecular weight excluding hydrogens is 628 g/mol. The van der Waals surface area contributed by atoms with Crippen molar-refractivity contribution in [3.8, 4) is 0 Å². The monoisotopic (exact) mass is 670 g/mol. The standard InChI is InChI=1S/C37H43FN4O5Si/c1-24-35(48(2,3)38)32(19-33(44)41-22-27-11-5-4-10-26(27)18-29(41)23-43)47-37(24)30-13-6-7-14-31(30)42(36(37)46)21-25-9-8-12-28(17-25)40-16-15-39-20-34(40)45/h4-14,17,24,29,32,35,39,43H,15-16,18-23H2,1-3H3/t24-,29+,32+,35-,37+/m1/s1. The van der Waals surface area contributed by atoms with Crippen molar-refractivity contribution in [3.63, 3.8) is 0 Å². The zero-order chi connectivity index (χ0) is 33.8. The molecule has 11 heteroatoms. The number of nitrogens with one attached hydrogen (secondary N) is 1. The van der Waals surface area contributed by atoms with E-state index in [2.05, 4.69) is 5.32 Å². The van der Waals surface area contributed by atoms with Crippen molar-refractivity contribution in [1.82, 2.24) is 10.2 Å². The summed E-state index contributed by atoms with van der Waals surface area (Å²) < 4.78 is 23.2. The minimum Gasteiger partial charge on any atom is -0.394 e. The van der Waals surface area contributed by atoms with Gasteiger partial charge in [-0.05, 0) is 54.4 Å². The van der Waals surface area contributed by atoms with Gasteiger partial charge in [0.15, 0.2) is 5.60 Å². The van der Waals surface area contributed by atoms with Crippen LogP contribution in [0.5, 0.6) is 0 Å². The van der Waals surface area contributed by atoms with Crippen molar-refractivity contribution in [3.05, 3.63) is 95.1 Å². The van der Waals surface area contributed by atoms with E-state index in [1.54, 1.807) is 27.8 Å². The number of hydrogen-bond donors (Lipinski definition) is 2. The van der Waals surface area contributed by atoms with E-state index >= 15 is 4.11 Å². The highest BCUT2D eigenvalue weighted by atomic mass is 28.4. The molecule has 3 aromatic rings. The maximum Gasteiger partial charge on any atom is 0.264 e. The highest BCUT2D eigenvalue weighted by molar-refractivity contribution is 6.72. The van der Waals surface area contributed by atoms with E-state index in [1.807, 2.05) is 79.7 Å². The number of amides is 3. The molecule has 0 radical (unpaired) electrons. The molecule has 0 bridgehead atoms. The van der Waals surface area contributed by atoms with Crippen LogP contribution in [0.1, 0.15) is 35.6 Å². The Morgan fingerprint density at radius 3 is 2.56 bits per heavy atom. The number of piperazine rings is 1. The summed E-state index contributed by atoms with van der Waals surface area (Å²) >= 11 is 0. The lowest BCUT2D eigenvalue weighted by atomic mass is 9.82. The quantitative estimate of drug-likeness (QED) is 0.288. The number of anilines is 2. The van der Waals surface area contributed by atoms with E-state index < -0.39 is 31.6 Å². The van der Waals surface area contributed by atoms with Gasteiger partial charge in [-0.25, -0.2) is 0 Å². The van der Waals surface area contributed by atoms with Crippen LogP contribution >= 0.6 is 0 Å². The van der Waals surface area contributed by atoms with Crippen LogP contribution in [0.4, 0.5) is 15.5 Å². The smallest absolute Gasteiger partial charge is 0.264 e. The molecule has 2 fully saturated rings. The van der Waals surface area contributed by atoms with Gasteiger partial charge in [0.2, 0.25) is 20.2 Å². The van der Waals surface area contributed by atoms with Crippen molar-refractivity contribution in [2.45, 2.75) is 69.2 Å². The number of nitrogens with zero attached hydrogens (tertiary/aromatic N) is 3. The number of carbonyl (C=O) groups excluding carboxylic acids is 3. The van der Waals surface area contributed by atoms with Gasteiger partial charge in [-0.1, -0.05) is 61.5 Å². The van der Waals surface area contributed by atoms with E-state index in [-0.39, 0.29) is 49.9 Å². The van der Waals surface area contributed by atoms with Gasteiger partial charge in [0.05, 0.1) is 44.0 Å². The predicted octanol–water partition coefficient (Wildman–Crippen LogP) is 4.28. The molecule has 2 N–H and O–H groups in total. The summed E-state index contributed by atoms with van der Waals surface area (Å²) in [7, 11) is -3.48. The molecule has 252 valence electrons. The first kappa shape index (κ1) is 32.6. The fraction of sp³-hybridized carbons (Fsp3) is 0.432. The van der Waals surface area contributed by atoms with Gasteiger partial charge < -0.3 is 34.0 Å². The Morgan fingerprint density at radius 1 is 1.06 bits per heavy atom. The van der Waals surface area contributed by atoms with Crippen LogP contribution in [0.15, 0.2) is 72.8 Å². The van der Waals surface area contributed by atoms with Crippen LogP contribution in [0.2, 0.25) is 18.6 Å². The lowest BCUT2D eigenvalue weighted by Crippen LogP contribution is -2.48. The summed E-state index contributed by atoms with van der Waals surface area (Å²) in [6.45, 7) is 7.15. The van der Waals surface area contributed by atoms with Crippen LogP contribution in [-0.2, 0) is 44.2 Å². The van der Waals surface area contributed by atoms with Crippen molar-refractivity contribution in [2.24, 2.45) is 5.92 Å². The van der Waals surface area contributed by atoms with Crippen LogP contribution < -0.4 is 15.1 Å². The molecule has 2 saturated heterocycles. The molecule has 9 nitrogen and oxygen atoms in total. The molecule has 1 spiro atoms. The first-order valence-corrected chi connectivity index (χ1v) is 19.8. The largest absolute Gasteiger partial charge is 0.394 e. The van der Waals surface area contributed by atoms with E-state index in [1.165, 1.54) is 0 Å². The molecule has 0 unspecified atom stereocenters. The second kappa shape index (κ2) is 12.5. The maximum atomic E-state index is 16.4. The summed E-state index contributed by atoms with van der Waals surface area (Å²) in [4.78, 5) is 46.6. The summed E-state index contributed by atoms with van der Waals surface area (Å²) in [5.41, 5.74) is 3.11. The molecule has 7 rings (SSSR count). The highest BCUT2D eigenvalue weighted by Gasteiger charge is 2.67. The Balaban J connectivity index is 1.19. The van der Waals surface area contributed by atoms with Crippen LogP contribution in [0.3, 0.4) is 0 Å². The molecule has 5 atom stereocenters. The minimum atomic E-state index is -3.48. The molecule has 4 aliphatic heterocycles. The fourth-order valence-electron chi connectivity index (χ4n) is 8.58. The van der Waals surface area contributed by atoms with Gasteiger partial charge in [0.1, 0.15) is 0 Å². The topological polar surface area (TPSA) is 102 Å². The van der Waals surface area contributed by atoms with Crippen LogP contribution in [0, 0.1) is 5.92 Å². The van der Waals surface area contributed by atoms with Gasteiger partial charge >= 0.3 is 0 Å². The molecule has 0 aliphatic carbocycles. The number of rotatable bonds is 7. The third kappa shape index (κ3) is 5.46. The number of halogens is 1. The Kier molecular flexibility index (Phi) is 8.51. The average molecular weight is 671 g/mol. The van der Waals surface area contributed by atoms with Crippen molar-refractivity contribution >= 4 is 37.5 Å². The zero-order valence-corrected chi connectivity index (χ0v) is 28.7. The number of hydrogen-bond acceptors (Lipinski definition) is 6. The summed E-state index contributed by atoms with van der Waals surface area (Å²) in [5, 5.41) is 13.3. The normalized spacial score (nSPS) is 27.1. The van der Waals surface area contributed by atoms with Gasteiger partial charge in [0.25, 0.3) is 5.91 Å². The lowest BCUT2D eigenvalue weighted by molar-refractivity contribution is -0.151. The molecule has 0 saturated carbocycles. The van der Waals surface area contributed by atoms with Crippen LogP contribution in [0.25, 0.3) is 0 Å². The summed E-state index contributed by atoms with van der Waals surface area (Å²) in [6, 6.07) is 22.7. The van der Waals surface area contributed by atoms with Gasteiger partial charge in [0, 0.05) is 42.3 Å². The van der Waals surface area contributed by atoms with Gasteiger partial charge in [-0.3, -0.25) is 14.4 Å². The first-order chi connectivity index (χ1) is 23.0. The van der Waals surface area contributed by atoms with Crippen molar-refractivity contribution in [2.75, 3.05) is 36.0 Å². The summed E-state index contributed by atoms with van der Waals surface area (Å²) in [5.74, 6) is -1.01. The fourth-order valence-corrected chi connectivity index (χ4v) is 11.1. The van der Waals surface area contributed by atoms with Crippen LogP contribution in [-0.4, -0.2) is 74.5 Å². The average Bonchev–Trinajstić information content (AvgIpc) is 3.50. The van der Waals surface area contributed by atoms with Crippen molar-refractivity contribution < 1.29 is 28.3 Å². The number of ether oxygens (including phenoxy) is 1. The molecule has 0 aromatic heterocycles. The number of para-hydroxylation sites is 1. The lowest BCUT2D eigenvalue weighted by Gasteiger charge is -2.37. The molecule has 4 heterocycles. The summed E-state index contributed by atoms with van der Waals surface area (Å²) in [6.07, 6.45) is -0.344. The van der Waals surface area contributed by atoms with Gasteiger partial charge in [-0.2, -0.15) is 0 Å². The highest BCUT2D eigenvalue weighted by Crippen LogP contribution is 2.60. The Hall–Kier alpha value is -3.90. The third-order valence-electron chi connectivity index (χ3n) is 10.8. The van der Waals surface area contributed by atoms with Gasteiger partial charge in [-0.15, -0.1) is 0 Å². The SMILES string of the molecule is C[C@@H]1[C@@H]([Si](C)(C)F)[C@H](CC(=O)N2Cc3ccccc3C[C@H]2CO)O[C@@]12C(=O)N(Cc1cccc(N3CCNCC3=O)c1)c1ccccc12. The molecular formula is C37H43FN4O5Si. The molecule has 48 heavy (non-hydrogen) atoms. The number of benzene rings is 3. The van der Waals surface area contributed by atoms with E-state index in [0.29, 0.717) is 37.3 Å². The Morgan fingerprint density at radius 2 is 1.81 bits per heavy atom. The molecule has 4 aliphatic rings. The zero-order valence-electron chi connectivity index (χ0n) is 27.7. The Bertz CT molecular complexity index is 1750. The number of aliphatic hydroxyl groups is 1. The maximum absolute atomic E-state index is 16.4. The third-order valence-corrected chi connectivity index (χ3v) is 13.2. The van der Waals surface area contributed by atoms with E-state index in [0.717, 1.165) is 22.4 Å².